The summed E-state index contributed by atoms with van der Waals surface area (Å²) in [6, 6.07) is 5.66. The second-order valence-corrected chi connectivity index (χ2v) is 5.27. The number of aryl methyl sites for hydroxylation is 1. The molecule has 0 heterocycles. The number of amides is 1. The van der Waals surface area contributed by atoms with Crippen LogP contribution in [0.3, 0.4) is 0 Å². The normalized spacial score (nSPS) is 11.2. The van der Waals surface area contributed by atoms with Gasteiger partial charge in [-0.1, -0.05) is 0 Å². The highest BCUT2D eigenvalue weighted by Crippen LogP contribution is 2.24. The van der Waals surface area contributed by atoms with Crippen LogP contribution < -0.4 is 15.4 Å². The van der Waals surface area contributed by atoms with Gasteiger partial charge in [0.2, 0.25) is 5.91 Å². The smallest absolute Gasteiger partial charge is 0.228 e. The van der Waals surface area contributed by atoms with Gasteiger partial charge < -0.3 is 15.4 Å². The summed E-state index contributed by atoms with van der Waals surface area (Å²) in [5.41, 5.74) is 7.22. The zero-order valence-electron chi connectivity index (χ0n) is 11.8. The molecule has 1 rings (SSSR count). The highest BCUT2D eigenvalue weighted by molar-refractivity contribution is 5.93. The van der Waals surface area contributed by atoms with Gasteiger partial charge in [0.25, 0.3) is 0 Å². The minimum Gasteiger partial charge on any atom is -0.496 e. The summed E-state index contributed by atoms with van der Waals surface area (Å²) >= 11 is 0. The Morgan fingerprint density at radius 1 is 1.44 bits per heavy atom. The van der Waals surface area contributed by atoms with Gasteiger partial charge in [0.05, 0.1) is 7.11 Å². The van der Waals surface area contributed by atoms with E-state index < -0.39 is 5.54 Å². The third kappa shape index (κ3) is 3.74. The first-order valence-electron chi connectivity index (χ1n) is 5.94. The van der Waals surface area contributed by atoms with Crippen molar-refractivity contribution in [3.63, 3.8) is 0 Å². The van der Waals surface area contributed by atoms with Crippen LogP contribution >= 0.6 is 0 Å². The molecular formula is C14H22N2O2. The van der Waals surface area contributed by atoms with Crippen molar-refractivity contribution in [1.29, 1.82) is 0 Å². The van der Waals surface area contributed by atoms with Crippen LogP contribution in [0, 0.1) is 6.92 Å². The van der Waals surface area contributed by atoms with E-state index in [1.54, 1.807) is 19.1 Å². The number of carbonyl (C=O) groups is 1. The molecule has 0 radical (unpaired) electrons. The van der Waals surface area contributed by atoms with Gasteiger partial charge in [-0.05, 0) is 44.5 Å². The first-order chi connectivity index (χ1) is 8.24. The molecule has 0 unspecified atom stereocenters. The summed E-state index contributed by atoms with van der Waals surface area (Å²) < 4.78 is 5.20. The molecule has 100 valence electrons. The van der Waals surface area contributed by atoms with Gasteiger partial charge in [-0.3, -0.25) is 4.79 Å². The van der Waals surface area contributed by atoms with Crippen LogP contribution in [0.4, 0.5) is 5.69 Å². The third-order valence-electron chi connectivity index (χ3n) is 2.75. The number of hydrogen-bond donors (Lipinski definition) is 1. The molecule has 0 aliphatic rings. The fourth-order valence-electron chi connectivity index (χ4n) is 1.72. The summed E-state index contributed by atoms with van der Waals surface area (Å²) in [6.45, 7) is 5.64. The highest BCUT2D eigenvalue weighted by Gasteiger charge is 2.20. The van der Waals surface area contributed by atoms with E-state index in [0.29, 0.717) is 6.42 Å². The topological polar surface area (TPSA) is 55.6 Å². The van der Waals surface area contributed by atoms with Gasteiger partial charge in [-0.15, -0.1) is 0 Å². The van der Waals surface area contributed by atoms with Crippen LogP contribution in [-0.2, 0) is 4.79 Å². The molecule has 0 aliphatic carbocycles. The van der Waals surface area contributed by atoms with Gasteiger partial charge in [0, 0.05) is 24.7 Å². The average Bonchev–Trinajstić information content (AvgIpc) is 2.25. The zero-order valence-corrected chi connectivity index (χ0v) is 11.8. The Kier molecular flexibility index (Phi) is 4.35. The summed E-state index contributed by atoms with van der Waals surface area (Å²) in [5.74, 6) is 0.825. The first-order valence-corrected chi connectivity index (χ1v) is 5.94. The van der Waals surface area contributed by atoms with E-state index in [1.165, 1.54) is 0 Å². The van der Waals surface area contributed by atoms with E-state index in [9.17, 15) is 4.79 Å². The molecule has 0 spiro atoms. The number of methoxy groups -OCH3 is 1. The number of anilines is 1. The van der Waals surface area contributed by atoms with Crippen molar-refractivity contribution < 1.29 is 9.53 Å². The Balaban J connectivity index is 2.87. The van der Waals surface area contributed by atoms with E-state index in [1.807, 2.05) is 39.0 Å². The third-order valence-corrected chi connectivity index (χ3v) is 2.75. The lowest BCUT2D eigenvalue weighted by atomic mass is 10.0. The predicted octanol–water partition coefficient (Wildman–Crippen LogP) is 2.09. The minimum atomic E-state index is -0.493. The van der Waals surface area contributed by atoms with Gasteiger partial charge in [0.15, 0.2) is 0 Å². The molecule has 1 aromatic carbocycles. The molecule has 0 saturated carbocycles. The maximum absolute atomic E-state index is 12.0. The second-order valence-electron chi connectivity index (χ2n) is 5.27. The Morgan fingerprint density at radius 3 is 2.50 bits per heavy atom. The fourth-order valence-corrected chi connectivity index (χ4v) is 1.72. The Labute approximate surface area is 109 Å². The predicted molar refractivity (Wildman–Crippen MR) is 74.0 cm³/mol. The lowest BCUT2D eigenvalue weighted by Crippen LogP contribution is -2.39. The molecule has 0 atom stereocenters. The molecule has 1 aromatic rings. The Morgan fingerprint density at radius 2 is 2.06 bits per heavy atom. The molecule has 1 amide bonds. The first kappa shape index (κ1) is 14.5. The number of nitrogens with zero attached hydrogens (tertiary/aromatic N) is 1. The number of hydrogen-bond acceptors (Lipinski definition) is 3. The van der Waals surface area contributed by atoms with Crippen molar-refractivity contribution in [1.82, 2.24) is 0 Å². The van der Waals surface area contributed by atoms with Crippen molar-refractivity contribution in [2.45, 2.75) is 32.7 Å². The van der Waals surface area contributed by atoms with Crippen LogP contribution in [0.5, 0.6) is 5.75 Å². The Hall–Kier alpha value is -1.55. The molecule has 18 heavy (non-hydrogen) atoms. The molecule has 0 saturated heterocycles. The van der Waals surface area contributed by atoms with Crippen molar-refractivity contribution in [2.24, 2.45) is 5.73 Å². The molecule has 4 heteroatoms. The highest BCUT2D eigenvalue weighted by atomic mass is 16.5. The lowest BCUT2D eigenvalue weighted by Gasteiger charge is -2.24. The Bertz CT molecular complexity index is 436. The molecule has 0 bridgehead atoms. The maximum Gasteiger partial charge on any atom is 0.228 e. The molecular weight excluding hydrogens is 228 g/mol. The molecule has 0 aromatic heterocycles. The molecule has 0 fully saturated rings. The molecule has 2 N–H and O–H groups in total. The van der Waals surface area contributed by atoms with E-state index >= 15 is 0 Å². The number of nitrogens with two attached hydrogens (primary N) is 1. The van der Waals surface area contributed by atoms with Crippen LogP contribution in [0.15, 0.2) is 18.2 Å². The van der Waals surface area contributed by atoms with Crippen LogP contribution in [0.25, 0.3) is 0 Å². The number of ether oxygens (including phenoxy) is 1. The van der Waals surface area contributed by atoms with Gasteiger partial charge in [-0.2, -0.15) is 0 Å². The quantitative estimate of drug-likeness (QED) is 0.890. The van der Waals surface area contributed by atoms with Gasteiger partial charge in [-0.25, -0.2) is 0 Å². The average molecular weight is 250 g/mol. The standard InChI is InChI=1S/C14H22N2O2/c1-10-8-11(6-7-12(10)18-5)16(4)13(17)9-14(2,3)15/h6-8H,9,15H2,1-5H3. The summed E-state index contributed by atoms with van der Waals surface area (Å²) in [5, 5.41) is 0. The van der Waals surface area contributed by atoms with E-state index in [4.69, 9.17) is 10.5 Å². The summed E-state index contributed by atoms with van der Waals surface area (Å²) in [7, 11) is 3.39. The lowest BCUT2D eigenvalue weighted by molar-refractivity contribution is -0.119. The van der Waals surface area contributed by atoms with Gasteiger partial charge in [0.1, 0.15) is 5.75 Å². The second kappa shape index (κ2) is 5.40. The number of benzene rings is 1. The fraction of sp³-hybridized carbons (Fsp3) is 0.500. The monoisotopic (exact) mass is 250 g/mol. The van der Waals surface area contributed by atoms with Crippen molar-refractivity contribution >= 4 is 11.6 Å². The number of rotatable bonds is 4. The summed E-state index contributed by atoms with van der Waals surface area (Å²) in [6.07, 6.45) is 0.314. The van der Waals surface area contributed by atoms with E-state index in [0.717, 1.165) is 17.0 Å². The van der Waals surface area contributed by atoms with Crippen molar-refractivity contribution in [3.05, 3.63) is 23.8 Å². The largest absolute Gasteiger partial charge is 0.496 e. The van der Waals surface area contributed by atoms with Gasteiger partial charge >= 0.3 is 0 Å². The van der Waals surface area contributed by atoms with E-state index in [2.05, 4.69) is 0 Å². The van der Waals surface area contributed by atoms with Crippen LogP contribution in [0.2, 0.25) is 0 Å². The van der Waals surface area contributed by atoms with E-state index in [-0.39, 0.29) is 5.91 Å². The maximum atomic E-state index is 12.0. The minimum absolute atomic E-state index is 0.00654. The molecule has 0 aliphatic heterocycles. The number of carbonyl (C=O) groups excluding carboxylic acids is 1. The SMILES string of the molecule is COc1ccc(N(C)C(=O)CC(C)(C)N)cc1C. The summed E-state index contributed by atoms with van der Waals surface area (Å²) in [4.78, 5) is 13.7. The van der Waals surface area contributed by atoms with Crippen LogP contribution in [0.1, 0.15) is 25.8 Å². The van der Waals surface area contributed by atoms with Crippen LogP contribution in [-0.4, -0.2) is 25.6 Å². The van der Waals surface area contributed by atoms with Crippen molar-refractivity contribution in [3.8, 4) is 5.75 Å². The molecule has 4 nitrogen and oxygen atoms in total. The van der Waals surface area contributed by atoms with Crippen molar-refractivity contribution in [2.75, 3.05) is 19.1 Å². The zero-order chi connectivity index (χ0) is 13.9.